The monoisotopic (exact) mass is 1400 g/mol. The fraction of sp³-hybridized carbons (Fsp3) is 0.520. The van der Waals surface area contributed by atoms with E-state index in [1.807, 2.05) is 48.5 Å². The molecule has 10 amide bonds. The number of amides is 10. The number of benzene rings is 4. The number of aryl methyl sites for hydroxylation is 2. The number of rotatable bonds is 20. The van der Waals surface area contributed by atoms with Crippen molar-refractivity contribution in [3.8, 4) is 0 Å². The van der Waals surface area contributed by atoms with Crippen LogP contribution in [0.1, 0.15) is 181 Å². The van der Waals surface area contributed by atoms with Crippen molar-refractivity contribution in [3.63, 3.8) is 0 Å². The molecule has 4 aromatic rings. The first-order chi connectivity index (χ1) is 46.8. The normalized spacial score (nSPS) is 19.4. The van der Waals surface area contributed by atoms with E-state index in [0.29, 0.717) is 24.1 Å². The molecule has 6 N–H and O–H groups in total. The van der Waals surface area contributed by atoms with Crippen LogP contribution in [0.4, 0.5) is 15.3 Å². The highest BCUT2D eigenvalue weighted by Gasteiger charge is 2.48. The molecule has 540 valence electrons. The van der Waals surface area contributed by atoms with Gasteiger partial charge in [-0.1, -0.05) is 75.4 Å². The van der Waals surface area contributed by atoms with Crippen LogP contribution in [0.3, 0.4) is 0 Å². The molecule has 4 aromatic carbocycles. The first-order valence-electron chi connectivity index (χ1n) is 34.1. The van der Waals surface area contributed by atoms with Crippen molar-refractivity contribution in [3.05, 3.63) is 142 Å². The summed E-state index contributed by atoms with van der Waals surface area (Å²) in [6.45, 7) is 24.0. The van der Waals surface area contributed by atoms with Crippen LogP contribution < -0.4 is 31.9 Å². The van der Waals surface area contributed by atoms with Gasteiger partial charge in [-0.3, -0.25) is 48.1 Å². The molecule has 4 aliphatic rings. The minimum Gasteiger partial charge on any atom is -0.468 e. The van der Waals surface area contributed by atoms with Crippen LogP contribution in [0, 0.1) is 12.3 Å². The molecule has 9 atom stereocenters. The first-order valence-corrected chi connectivity index (χ1v) is 35.1. The molecule has 8 rings (SSSR count). The molecule has 2 heterocycles. The van der Waals surface area contributed by atoms with Crippen LogP contribution in [0.25, 0.3) is 0 Å². The summed E-state index contributed by atoms with van der Waals surface area (Å²) in [5, 5.41) is 18.1. The van der Waals surface area contributed by atoms with E-state index in [2.05, 4.69) is 38.8 Å². The molecule has 0 radical (unpaired) electrons. The van der Waals surface area contributed by atoms with Crippen molar-refractivity contribution in [2.24, 2.45) is 5.41 Å². The van der Waals surface area contributed by atoms with Crippen molar-refractivity contribution in [2.45, 2.75) is 211 Å². The van der Waals surface area contributed by atoms with Gasteiger partial charge < -0.3 is 67.7 Å². The number of fused-ring (bicyclic) bond motifs is 3. The van der Waals surface area contributed by atoms with Gasteiger partial charge in [0, 0.05) is 61.2 Å². The van der Waals surface area contributed by atoms with E-state index >= 15 is 9.59 Å². The minimum atomic E-state index is -1.39. The summed E-state index contributed by atoms with van der Waals surface area (Å²) < 4.78 is 14.7. The standard InChI is InChI=1S/C75H99N10O14S/c1-43(82(14)70(95)98-73(6,7)8)62(87)80-60(72(3,4)5)68(93)85-41-52(39-58(85)67(92)79-56-30-22-26-46-24-18-20-28-54(46)56)77-65(90)48-33-31-47(32-34-48)64(89)76-51-36-35-49-38-57(66(91)78-55-29-21-25-45-23-17-19-27-53(45)55)84(40-50(49)37-51)69(94)61(75(12,13)100-42-59(86)97-16)81-63(88)44(2)83(15)71(96)99-74(9,10)11/h17-20,23-24,27-28,31-37,43-44,52,55-58,60-61H,1,21-22,25-26,29-30,38-42H2,2-16H3,(H,76,89)(H,77,90)(H,78,91)(H,79,92)(H,80,87)(H,81,88)/q-1. The third-order valence-corrected chi connectivity index (χ3v) is 20.1. The van der Waals surface area contributed by atoms with Gasteiger partial charge >= 0.3 is 18.2 Å². The van der Waals surface area contributed by atoms with Gasteiger partial charge in [-0.2, -0.15) is 0 Å². The van der Waals surface area contributed by atoms with E-state index in [-0.39, 0.29) is 54.9 Å². The van der Waals surface area contributed by atoms with E-state index in [1.165, 1.54) is 62.2 Å². The summed E-state index contributed by atoms with van der Waals surface area (Å²) >= 11 is 1.07. The zero-order chi connectivity index (χ0) is 73.5. The summed E-state index contributed by atoms with van der Waals surface area (Å²) in [6.07, 6.45) is 3.22. The smallest absolute Gasteiger partial charge is 0.410 e. The Hall–Kier alpha value is -9.00. The highest BCUT2D eigenvalue weighted by atomic mass is 32.2. The number of likely N-dealkylation sites (N-methyl/N-ethyl adjacent to an activating group) is 2. The Balaban J connectivity index is 1.01. The molecule has 0 spiro atoms. The number of hydrogen-bond donors (Lipinski definition) is 6. The van der Waals surface area contributed by atoms with Crippen molar-refractivity contribution in [1.29, 1.82) is 0 Å². The number of ether oxygens (including phenoxy) is 3. The summed E-state index contributed by atoms with van der Waals surface area (Å²) in [5.74, 6) is -5.36. The topological polar surface area (TPSA) is 301 Å². The van der Waals surface area contributed by atoms with Crippen LogP contribution in [-0.4, -0.2) is 177 Å². The Kier molecular flexibility index (Phi) is 24.3. The van der Waals surface area contributed by atoms with E-state index in [0.717, 1.165) is 75.1 Å². The molecular weight excluding hydrogens is 1300 g/mol. The number of methoxy groups -OCH3 is 1. The van der Waals surface area contributed by atoms with Crippen molar-refractivity contribution in [2.75, 3.05) is 38.8 Å². The SMILES string of the molecule is [CH2-]C(C(=O)NC(C(=O)N1CC(NC(=O)c2ccc(C(=O)Nc3ccc4c(c3)CN(C(=O)C(NC(=O)C(C)N(C)C(=O)OC(C)(C)C)C(C)(C)SCC(=O)OC)C(C(=O)NC3CCCc5ccccc53)C4)cc2)CC1C(=O)NC1CCCc2ccccc21)C(C)(C)C)N(C)C(=O)OC(C)(C)C. The molecule has 1 fully saturated rings. The maximum atomic E-state index is 15.6. The third-order valence-electron chi connectivity index (χ3n) is 18.7. The fourth-order valence-electron chi connectivity index (χ4n) is 12.9. The molecule has 2 aliphatic carbocycles. The Morgan fingerprint density at radius 3 is 1.65 bits per heavy atom. The zero-order valence-electron chi connectivity index (χ0n) is 60.3. The van der Waals surface area contributed by atoms with Crippen molar-refractivity contribution < 1.29 is 67.0 Å². The number of esters is 1. The Morgan fingerprint density at radius 1 is 0.600 bits per heavy atom. The molecule has 9 unspecified atom stereocenters. The maximum absolute atomic E-state index is 15.6. The fourth-order valence-corrected chi connectivity index (χ4v) is 13.8. The van der Waals surface area contributed by atoms with E-state index in [4.69, 9.17) is 14.2 Å². The van der Waals surface area contributed by atoms with Gasteiger partial charge in [0.25, 0.3) is 11.8 Å². The number of carbonyl (C=O) groups is 11. The van der Waals surface area contributed by atoms with Gasteiger partial charge in [0.2, 0.25) is 35.4 Å². The van der Waals surface area contributed by atoms with E-state index < -0.39 is 129 Å². The molecule has 0 aromatic heterocycles. The van der Waals surface area contributed by atoms with E-state index in [9.17, 15) is 43.2 Å². The predicted octanol–water partition coefficient (Wildman–Crippen LogP) is 8.30. The lowest BCUT2D eigenvalue weighted by molar-refractivity contribution is -0.146. The van der Waals surface area contributed by atoms with E-state index in [1.54, 1.807) is 94.4 Å². The number of hydrogen-bond acceptors (Lipinski definition) is 15. The Labute approximate surface area is 591 Å². The molecular formula is C75H99N10O14S-. The van der Waals surface area contributed by atoms with Crippen LogP contribution in [0.5, 0.6) is 0 Å². The molecule has 100 heavy (non-hydrogen) atoms. The van der Waals surface area contributed by atoms with Gasteiger partial charge in [-0.05, 0) is 188 Å². The number of carbonyl (C=O) groups excluding carboxylic acids is 11. The second-order valence-corrected chi connectivity index (χ2v) is 31.6. The number of nitrogens with one attached hydrogen (secondary N) is 6. The van der Waals surface area contributed by atoms with Crippen LogP contribution in [0.15, 0.2) is 91.0 Å². The van der Waals surface area contributed by atoms with Gasteiger partial charge in [-0.15, -0.1) is 11.8 Å². The summed E-state index contributed by atoms with van der Waals surface area (Å²) in [4.78, 5) is 161. The molecule has 2 aliphatic heterocycles. The average Bonchev–Trinajstić information content (AvgIpc) is 1.02. The molecule has 1 saturated heterocycles. The highest BCUT2D eigenvalue weighted by Crippen LogP contribution is 2.37. The largest absolute Gasteiger partial charge is 0.468 e. The number of thioether (sulfide) groups is 1. The molecule has 24 nitrogen and oxygen atoms in total. The van der Waals surface area contributed by atoms with Gasteiger partial charge in [0.05, 0.1) is 24.9 Å². The lowest BCUT2D eigenvalue weighted by Crippen LogP contribution is -2.64. The van der Waals surface area contributed by atoms with Gasteiger partial charge in [0.15, 0.2) is 0 Å². The molecule has 0 saturated carbocycles. The Bertz CT molecular complexity index is 3750. The zero-order valence-corrected chi connectivity index (χ0v) is 61.1. The molecule has 0 bridgehead atoms. The average molecular weight is 1400 g/mol. The molecule has 25 heteroatoms. The quantitative estimate of drug-likeness (QED) is 0.0275. The number of nitrogens with zero attached hydrogens (tertiary/aromatic N) is 4. The first kappa shape index (κ1) is 76.7. The van der Waals surface area contributed by atoms with Crippen LogP contribution >= 0.6 is 11.8 Å². The van der Waals surface area contributed by atoms with Gasteiger partial charge in [0.1, 0.15) is 41.4 Å². The lowest BCUT2D eigenvalue weighted by Gasteiger charge is -2.42. The van der Waals surface area contributed by atoms with Crippen LogP contribution in [-0.2, 0) is 73.6 Å². The number of anilines is 1. The summed E-state index contributed by atoms with van der Waals surface area (Å²) in [5.41, 5.74) is 3.56. The minimum absolute atomic E-state index is 0.0259. The third kappa shape index (κ3) is 19.1. The van der Waals surface area contributed by atoms with Crippen molar-refractivity contribution in [1.82, 2.24) is 46.2 Å². The summed E-state index contributed by atoms with van der Waals surface area (Å²) in [7, 11) is 4.02. The van der Waals surface area contributed by atoms with Gasteiger partial charge in [-0.25, -0.2) is 9.59 Å². The predicted molar refractivity (Wildman–Crippen MR) is 379 cm³/mol. The van der Waals surface area contributed by atoms with Crippen molar-refractivity contribution >= 4 is 82.9 Å². The summed E-state index contributed by atoms with van der Waals surface area (Å²) in [6, 6.07) is 18.2. The Morgan fingerprint density at radius 2 is 1.11 bits per heavy atom. The second kappa shape index (κ2) is 31.7. The number of likely N-dealkylation sites (tertiary alicyclic amines) is 1. The lowest BCUT2D eigenvalue weighted by atomic mass is 9.85. The van der Waals surface area contributed by atoms with Crippen LogP contribution in [0.2, 0.25) is 0 Å². The second-order valence-electron chi connectivity index (χ2n) is 30.0. The maximum Gasteiger partial charge on any atom is 0.410 e. The highest BCUT2D eigenvalue weighted by molar-refractivity contribution is 8.01.